The summed E-state index contributed by atoms with van der Waals surface area (Å²) in [7, 11) is 2.02. The Bertz CT molecular complexity index is 429. The molecule has 0 bridgehead atoms. The van der Waals surface area contributed by atoms with Crippen molar-refractivity contribution in [1.82, 2.24) is 14.8 Å². The second kappa shape index (κ2) is 2.83. The van der Waals surface area contributed by atoms with Crippen molar-refractivity contribution in [3.8, 4) is 0 Å². The first-order valence-corrected chi connectivity index (χ1v) is 4.47. The summed E-state index contributed by atoms with van der Waals surface area (Å²) in [5.41, 5.74) is 3.17. The molecule has 2 rings (SSSR count). The van der Waals surface area contributed by atoms with Gasteiger partial charge in [-0.2, -0.15) is 5.10 Å². The maximum absolute atomic E-state index is 4.16. The zero-order chi connectivity index (χ0) is 9.42. The highest BCUT2D eigenvalue weighted by molar-refractivity contribution is 5.75. The Balaban J connectivity index is 2.66. The van der Waals surface area contributed by atoms with Gasteiger partial charge in [-0.15, -0.1) is 5.10 Å². The number of aryl methyl sites for hydroxylation is 1. The normalized spacial score (nSPS) is 11.4. The fraction of sp³-hybridized carbons (Fsp3) is 0.400. The summed E-state index contributed by atoms with van der Waals surface area (Å²) < 4.78 is 2.07. The molecule has 3 nitrogen and oxygen atoms in total. The molecule has 0 atom stereocenters. The van der Waals surface area contributed by atoms with Crippen molar-refractivity contribution >= 4 is 11.0 Å². The highest BCUT2D eigenvalue weighted by Crippen LogP contribution is 2.16. The van der Waals surface area contributed by atoms with Gasteiger partial charge in [-0.25, -0.2) is 0 Å². The topological polar surface area (TPSA) is 30.7 Å². The van der Waals surface area contributed by atoms with Crippen molar-refractivity contribution in [2.45, 2.75) is 19.8 Å². The van der Waals surface area contributed by atoms with Crippen LogP contribution in [-0.4, -0.2) is 14.8 Å². The Morgan fingerprint density at radius 2 is 2.08 bits per heavy atom. The fourth-order valence-corrected chi connectivity index (χ4v) is 1.35. The third kappa shape index (κ3) is 1.30. The van der Waals surface area contributed by atoms with Gasteiger partial charge in [0.2, 0.25) is 0 Å². The first-order valence-electron chi connectivity index (χ1n) is 4.47. The lowest BCUT2D eigenvalue weighted by Crippen LogP contribution is -1.96. The predicted octanol–water partition coefficient (Wildman–Crippen LogP) is 2.09. The molecular weight excluding hydrogens is 162 g/mol. The Morgan fingerprint density at radius 1 is 1.31 bits per heavy atom. The summed E-state index contributed by atoms with van der Waals surface area (Å²) in [6, 6.07) is 4.08. The molecule has 0 aromatic carbocycles. The van der Waals surface area contributed by atoms with E-state index in [1.54, 1.807) is 0 Å². The van der Waals surface area contributed by atoms with Crippen LogP contribution < -0.4 is 0 Å². The van der Waals surface area contributed by atoms with E-state index >= 15 is 0 Å². The summed E-state index contributed by atoms with van der Waals surface area (Å²) in [5, 5.41) is 8.31. The summed E-state index contributed by atoms with van der Waals surface area (Å²) in [6.45, 7) is 4.25. The molecule has 0 unspecified atom stereocenters. The van der Waals surface area contributed by atoms with E-state index in [0.717, 1.165) is 16.7 Å². The lowest BCUT2D eigenvalue weighted by Gasteiger charge is -2.03. The van der Waals surface area contributed by atoms with E-state index in [2.05, 4.69) is 34.7 Å². The van der Waals surface area contributed by atoms with Crippen molar-refractivity contribution in [1.29, 1.82) is 0 Å². The molecule has 0 N–H and O–H groups in total. The average Bonchev–Trinajstić information content (AvgIpc) is 2.47. The van der Waals surface area contributed by atoms with Gasteiger partial charge in [-0.3, -0.25) is 0 Å². The van der Waals surface area contributed by atoms with Gasteiger partial charge in [0.25, 0.3) is 0 Å². The highest BCUT2D eigenvalue weighted by Gasteiger charge is 2.05. The van der Waals surface area contributed by atoms with Gasteiger partial charge in [0.05, 0.1) is 11.2 Å². The largest absolute Gasteiger partial charge is 0.349 e. The van der Waals surface area contributed by atoms with E-state index in [-0.39, 0.29) is 0 Å². The second-order valence-electron chi connectivity index (χ2n) is 3.62. The minimum atomic E-state index is 0.437. The van der Waals surface area contributed by atoms with E-state index in [4.69, 9.17) is 0 Å². The van der Waals surface area contributed by atoms with Gasteiger partial charge >= 0.3 is 0 Å². The van der Waals surface area contributed by atoms with Gasteiger partial charge in [-0.05, 0) is 18.1 Å². The van der Waals surface area contributed by atoms with Crippen LogP contribution in [0.1, 0.15) is 25.5 Å². The van der Waals surface area contributed by atoms with E-state index in [1.807, 2.05) is 19.3 Å². The molecule has 0 aliphatic rings. The zero-order valence-corrected chi connectivity index (χ0v) is 8.15. The Labute approximate surface area is 77.4 Å². The third-order valence-corrected chi connectivity index (χ3v) is 2.25. The number of hydrogen-bond acceptors (Lipinski definition) is 2. The molecule has 2 heterocycles. The molecule has 0 aliphatic carbocycles. The first kappa shape index (κ1) is 8.23. The fourth-order valence-electron chi connectivity index (χ4n) is 1.35. The summed E-state index contributed by atoms with van der Waals surface area (Å²) in [6.07, 6.45) is 2.00. The Hall–Kier alpha value is -1.38. The molecule has 2 aromatic rings. The lowest BCUT2D eigenvalue weighted by atomic mass is 10.1. The van der Waals surface area contributed by atoms with Crippen molar-refractivity contribution in [2.75, 3.05) is 0 Å². The number of hydrogen-bond donors (Lipinski definition) is 0. The third-order valence-electron chi connectivity index (χ3n) is 2.25. The van der Waals surface area contributed by atoms with E-state index in [0.29, 0.717) is 5.92 Å². The minimum Gasteiger partial charge on any atom is -0.349 e. The monoisotopic (exact) mass is 175 g/mol. The van der Waals surface area contributed by atoms with Crippen LogP contribution in [0.25, 0.3) is 11.0 Å². The lowest BCUT2D eigenvalue weighted by molar-refractivity contribution is 0.792. The first-order chi connectivity index (χ1) is 6.18. The molecular formula is C10H13N3. The molecule has 0 spiro atoms. The minimum absolute atomic E-state index is 0.437. The number of rotatable bonds is 1. The van der Waals surface area contributed by atoms with Crippen LogP contribution in [0.5, 0.6) is 0 Å². The Kier molecular flexibility index (Phi) is 1.79. The molecule has 0 amide bonds. The average molecular weight is 175 g/mol. The van der Waals surface area contributed by atoms with E-state index < -0.39 is 0 Å². The van der Waals surface area contributed by atoms with Crippen LogP contribution in [0.15, 0.2) is 18.3 Å². The molecule has 0 saturated heterocycles. The smallest absolute Gasteiger partial charge is 0.111 e. The van der Waals surface area contributed by atoms with Crippen LogP contribution in [0.3, 0.4) is 0 Å². The second-order valence-corrected chi connectivity index (χ2v) is 3.62. The maximum atomic E-state index is 4.16. The molecule has 68 valence electrons. The van der Waals surface area contributed by atoms with Crippen LogP contribution in [0, 0.1) is 0 Å². The zero-order valence-electron chi connectivity index (χ0n) is 8.15. The van der Waals surface area contributed by atoms with Crippen molar-refractivity contribution in [2.24, 2.45) is 7.05 Å². The van der Waals surface area contributed by atoms with Gasteiger partial charge in [0.1, 0.15) is 5.52 Å². The molecule has 0 saturated carbocycles. The number of nitrogens with zero attached hydrogens (tertiary/aromatic N) is 3. The van der Waals surface area contributed by atoms with Crippen LogP contribution in [-0.2, 0) is 7.05 Å². The quantitative estimate of drug-likeness (QED) is 0.664. The standard InChI is InChI=1S/C10H13N3/c1-7(2)9-6-10-8(11-12-9)4-5-13(10)3/h4-7H,1-3H3. The SMILES string of the molecule is CC(C)c1cc2c(ccn2C)nn1. The van der Waals surface area contributed by atoms with E-state index in [1.165, 1.54) is 0 Å². The molecule has 0 radical (unpaired) electrons. The van der Waals surface area contributed by atoms with Crippen molar-refractivity contribution in [3.05, 3.63) is 24.0 Å². The number of fused-ring (bicyclic) bond motifs is 1. The van der Waals surface area contributed by atoms with Crippen LogP contribution in [0.2, 0.25) is 0 Å². The maximum Gasteiger partial charge on any atom is 0.111 e. The van der Waals surface area contributed by atoms with Crippen molar-refractivity contribution < 1.29 is 0 Å². The van der Waals surface area contributed by atoms with Crippen LogP contribution in [0.4, 0.5) is 0 Å². The van der Waals surface area contributed by atoms with Gasteiger partial charge in [0.15, 0.2) is 0 Å². The van der Waals surface area contributed by atoms with Gasteiger partial charge in [-0.1, -0.05) is 13.8 Å². The number of aromatic nitrogens is 3. The molecule has 0 aliphatic heterocycles. The van der Waals surface area contributed by atoms with E-state index in [9.17, 15) is 0 Å². The molecule has 13 heavy (non-hydrogen) atoms. The summed E-state index contributed by atoms with van der Waals surface area (Å²) in [5.74, 6) is 0.437. The van der Waals surface area contributed by atoms with Crippen LogP contribution >= 0.6 is 0 Å². The molecule has 3 heteroatoms. The van der Waals surface area contributed by atoms with Gasteiger partial charge < -0.3 is 4.57 Å². The molecule has 0 fully saturated rings. The Morgan fingerprint density at radius 3 is 2.77 bits per heavy atom. The predicted molar refractivity (Wildman–Crippen MR) is 52.6 cm³/mol. The van der Waals surface area contributed by atoms with Crippen molar-refractivity contribution in [3.63, 3.8) is 0 Å². The highest BCUT2D eigenvalue weighted by atomic mass is 15.1. The molecule has 2 aromatic heterocycles. The van der Waals surface area contributed by atoms with Gasteiger partial charge in [0, 0.05) is 13.2 Å². The summed E-state index contributed by atoms with van der Waals surface area (Å²) in [4.78, 5) is 0. The summed E-state index contributed by atoms with van der Waals surface area (Å²) >= 11 is 0.